The van der Waals surface area contributed by atoms with E-state index in [1.165, 1.54) is 0 Å². The molecule has 1 rings (SSSR count). The molecule has 66 valence electrons. The minimum absolute atomic E-state index is 0.146. The van der Waals surface area contributed by atoms with Gasteiger partial charge in [0, 0.05) is 5.56 Å². The SMILES string of the molecule is OCc1ccc(Cl)c(Cl)c1CO. The minimum atomic E-state index is -0.213. The quantitative estimate of drug-likeness (QED) is 0.778. The van der Waals surface area contributed by atoms with Gasteiger partial charge < -0.3 is 10.2 Å². The Morgan fingerprint density at radius 1 is 1.08 bits per heavy atom. The summed E-state index contributed by atoms with van der Waals surface area (Å²) < 4.78 is 0. The van der Waals surface area contributed by atoms with Crippen LogP contribution in [-0.2, 0) is 13.2 Å². The molecule has 0 aromatic heterocycles. The lowest BCUT2D eigenvalue weighted by Gasteiger charge is -2.07. The van der Waals surface area contributed by atoms with Crippen LogP contribution >= 0.6 is 23.2 Å². The second-order valence-corrected chi connectivity index (χ2v) is 3.10. The van der Waals surface area contributed by atoms with E-state index in [1.807, 2.05) is 0 Å². The molecule has 0 aliphatic heterocycles. The van der Waals surface area contributed by atoms with Crippen molar-refractivity contribution in [2.24, 2.45) is 0 Å². The molecule has 2 nitrogen and oxygen atoms in total. The van der Waals surface area contributed by atoms with Crippen LogP contribution in [-0.4, -0.2) is 10.2 Å². The van der Waals surface area contributed by atoms with Crippen molar-refractivity contribution in [3.63, 3.8) is 0 Å². The van der Waals surface area contributed by atoms with Crippen LogP contribution in [0.1, 0.15) is 11.1 Å². The number of rotatable bonds is 2. The van der Waals surface area contributed by atoms with Gasteiger partial charge in [-0.2, -0.15) is 0 Å². The molecule has 4 heteroatoms. The first kappa shape index (κ1) is 9.81. The van der Waals surface area contributed by atoms with Crippen LogP contribution in [0.2, 0.25) is 10.0 Å². The Morgan fingerprint density at radius 3 is 2.25 bits per heavy atom. The summed E-state index contributed by atoms with van der Waals surface area (Å²) in [6, 6.07) is 3.23. The fraction of sp³-hybridized carbons (Fsp3) is 0.250. The van der Waals surface area contributed by atoms with E-state index in [0.29, 0.717) is 21.2 Å². The molecule has 0 heterocycles. The van der Waals surface area contributed by atoms with Gasteiger partial charge >= 0.3 is 0 Å². The van der Waals surface area contributed by atoms with Gasteiger partial charge in [0.05, 0.1) is 23.3 Å². The molecule has 0 amide bonds. The fourth-order valence-electron chi connectivity index (χ4n) is 0.952. The molecule has 1 aromatic carbocycles. The molecule has 0 aliphatic rings. The third-order valence-electron chi connectivity index (χ3n) is 1.62. The van der Waals surface area contributed by atoms with Gasteiger partial charge in [-0.15, -0.1) is 0 Å². The van der Waals surface area contributed by atoms with E-state index in [1.54, 1.807) is 12.1 Å². The molecule has 0 fully saturated rings. The van der Waals surface area contributed by atoms with E-state index in [9.17, 15) is 0 Å². The molecule has 0 saturated heterocycles. The van der Waals surface area contributed by atoms with Crippen LogP contribution in [0, 0.1) is 0 Å². The summed E-state index contributed by atoms with van der Waals surface area (Å²) in [5.41, 5.74) is 1.10. The predicted octanol–water partition coefficient (Wildman–Crippen LogP) is 1.98. The number of aliphatic hydroxyl groups excluding tert-OH is 2. The molecule has 0 bridgehead atoms. The molecule has 1 aromatic rings. The lowest BCUT2D eigenvalue weighted by atomic mass is 10.1. The van der Waals surface area contributed by atoms with Gasteiger partial charge in [0.2, 0.25) is 0 Å². The Hall–Kier alpha value is -0.280. The van der Waals surface area contributed by atoms with E-state index in [2.05, 4.69) is 0 Å². The molecule has 0 aliphatic carbocycles. The third kappa shape index (κ3) is 1.72. The molecule has 0 spiro atoms. The van der Waals surface area contributed by atoms with Crippen LogP contribution < -0.4 is 0 Å². The number of hydrogen-bond acceptors (Lipinski definition) is 2. The van der Waals surface area contributed by atoms with Crippen molar-refractivity contribution in [3.8, 4) is 0 Å². The van der Waals surface area contributed by atoms with Crippen molar-refractivity contribution < 1.29 is 10.2 Å². The zero-order valence-corrected chi connectivity index (χ0v) is 7.73. The van der Waals surface area contributed by atoms with E-state index >= 15 is 0 Å². The average molecular weight is 207 g/mol. The van der Waals surface area contributed by atoms with Crippen LogP contribution in [0.3, 0.4) is 0 Å². The Morgan fingerprint density at radius 2 is 1.75 bits per heavy atom. The Labute approximate surface area is 80.4 Å². The zero-order valence-electron chi connectivity index (χ0n) is 6.22. The summed E-state index contributed by atoms with van der Waals surface area (Å²) >= 11 is 11.5. The van der Waals surface area contributed by atoms with Gasteiger partial charge in [-0.3, -0.25) is 0 Å². The highest BCUT2D eigenvalue weighted by atomic mass is 35.5. The smallest absolute Gasteiger partial charge is 0.0700 e. The summed E-state index contributed by atoms with van der Waals surface area (Å²) in [5, 5.41) is 18.5. The van der Waals surface area contributed by atoms with Crippen molar-refractivity contribution in [1.29, 1.82) is 0 Å². The van der Waals surface area contributed by atoms with Crippen LogP contribution in [0.5, 0.6) is 0 Å². The minimum Gasteiger partial charge on any atom is -0.392 e. The first-order valence-electron chi connectivity index (χ1n) is 3.38. The molecular weight excluding hydrogens is 199 g/mol. The monoisotopic (exact) mass is 206 g/mol. The maximum Gasteiger partial charge on any atom is 0.0700 e. The molecule has 0 unspecified atom stereocenters. The maximum atomic E-state index is 8.90. The molecular formula is C8H8Cl2O2. The van der Waals surface area contributed by atoms with Gasteiger partial charge in [-0.25, -0.2) is 0 Å². The lowest BCUT2D eigenvalue weighted by Crippen LogP contribution is -1.95. The molecule has 12 heavy (non-hydrogen) atoms. The highest BCUT2D eigenvalue weighted by molar-refractivity contribution is 6.42. The second-order valence-electron chi connectivity index (χ2n) is 2.32. The first-order chi connectivity index (χ1) is 5.70. The van der Waals surface area contributed by atoms with Gasteiger partial charge in [0.15, 0.2) is 0 Å². The van der Waals surface area contributed by atoms with Crippen LogP contribution in [0.15, 0.2) is 12.1 Å². The van der Waals surface area contributed by atoms with Crippen molar-refractivity contribution >= 4 is 23.2 Å². The van der Waals surface area contributed by atoms with Crippen LogP contribution in [0.4, 0.5) is 0 Å². The predicted molar refractivity (Wildman–Crippen MR) is 48.3 cm³/mol. The van der Waals surface area contributed by atoms with Gasteiger partial charge in [-0.05, 0) is 11.6 Å². The summed E-state index contributed by atoms with van der Waals surface area (Å²) in [6.07, 6.45) is 0. The summed E-state index contributed by atoms with van der Waals surface area (Å²) in [6.45, 7) is -0.359. The summed E-state index contributed by atoms with van der Waals surface area (Å²) in [7, 11) is 0. The Balaban J connectivity index is 3.25. The van der Waals surface area contributed by atoms with Gasteiger partial charge in [-0.1, -0.05) is 29.3 Å². The number of halogens is 2. The maximum absolute atomic E-state index is 8.90. The molecule has 0 saturated carbocycles. The number of hydrogen-bond donors (Lipinski definition) is 2. The van der Waals surface area contributed by atoms with Crippen LogP contribution in [0.25, 0.3) is 0 Å². The highest BCUT2D eigenvalue weighted by Crippen LogP contribution is 2.28. The van der Waals surface area contributed by atoms with Gasteiger partial charge in [0.25, 0.3) is 0 Å². The van der Waals surface area contributed by atoms with Crippen molar-refractivity contribution in [3.05, 3.63) is 33.3 Å². The van der Waals surface area contributed by atoms with E-state index < -0.39 is 0 Å². The lowest BCUT2D eigenvalue weighted by molar-refractivity contribution is 0.260. The van der Waals surface area contributed by atoms with Gasteiger partial charge in [0.1, 0.15) is 0 Å². The highest BCUT2D eigenvalue weighted by Gasteiger charge is 2.08. The Kier molecular flexibility index (Phi) is 3.35. The standard InChI is InChI=1S/C8H8Cl2O2/c9-7-2-1-5(3-11)6(4-12)8(7)10/h1-2,11-12H,3-4H2. The topological polar surface area (TPSA) is 40.5 Å². The zero-order chi connectivity index (χ0) is 9.14. The summed E-state index contributed by atoms with van der Waals surface area (Å²) in [4.78, 5) is 0. The normalized spacial score (nSPS) is 10.3. The fourth-order valence-corrected chi connectivity index (χ4v) is 1.37. The largest absolute Gasteiger partial charge is 0.392 e. The van der Waals surface area contributed by atoms with Crippen molar-refractivity contribution in [2.75, 3.05) is 0 Å². The van der Waals surface area contributed by atoms with E-state index in [4.69, 9.17) is 33.4 Å². The third-order valence-corrected chi connectivity index (χ3v) is 2.46. The first-order valence-corrected chi connectivity index (χ1v) is 4.13. The van der Waals surface area contributed by atoms with E-state index in [-0.39, 0.29) is 13.2 Å². The molecule has 2 N–H and O–H groups in total. The van der Waals surface area contributed by atoms with Crippen molar-refractivity contribution in [1.82, 2.24) is 0 Å². The summed E-state index contributed by atoms with van der Waals surface area (Å²) in [5.74, 6) is 0. The van der Waals surface area contributed by atoms with E-state index in [0.717, 1.165) is 0 Å². The molecule has 0 atom stereocenters. The second kappa shape index (κ2) is 4.10. The average Bonchev–Trinajstić information content (AvgIpc) is 2.09. The number of aliphatic hydroxyl groups is 2. The molecule has 0 radical (unpaired) electrons. The Bertz CT molecular complexity index is 287. The van der Waals surface area contributed by atoms with Crippen molar-refractivity contribution in [2.45, 2.75) is 13.2 Å². The number of benzene rings is 1.